The molecule has 3 aliphatic rings. The van der Waals surface area contributed by atoms with Crippen LogP contribution in [0.1, 0.15) is 24.8 Å². The zero-order valence-electron chi connectivity index (χ0n) is 18.0. The van der Waals surface area contributed by atoms with Crippen molar-refractivity contribution >= 4 is 17.7 Å². The Morgan fingerprint density at radius 3 is 2.70 bits per heavy atom. The number of hydrogen-bond donors (Lipinski definition) is 2. The van der Waals surface area contributed by atoms with E-state index < -0.39 is 0 Å². The number of rotatable bonds is 4. The van der Waals surface area contributed by atoms with Gasteiger partial charge in [0.05, 0.1) is 13.2 Å². The molecule has 0 radical (unpaired) electrons. The molecule has 1 aromatic carbocycles. The molecule has 3 heterocycles. The summed E-state index contributed by atoms with van der Waals surface area (Å²) in [4.78, 5) is 23.6. The summed E-state index contributed by atoms with van der Waals surface area (Å²) >= 11 is 0. The Balaban J connectivity index is 1.28. The fraction of sp³-hybridized carbons (Fsp3) is 0.636. The lowest BCUT2D eigenvalue weighted by Gasteiger charge is -2.32. The first-order chi connectivity index (χ1) is 14.7. The lowest BCUT2D eigenvalue weighted by molar-refractivity contribution is 0.0195. The van der Waals surface area contributed by atoms with Crippen LogP contribution < -0.4 is 10.6 Å². The van der Waals surface area contributed by atoms with E-state index >= 15 is 0 Å². The molecule has 3 aliphatic heterocycles. The molecule has 4 rings (SSSR count). The van der Waals surface area contributed by atoms with Crippen LogP contribution in [0, 0.1) is 0 Å². The lowest BCUT2D eigenvalue weighted by atomic mass is 10.2. The summed E-state index contributed by atoms with van der Waals surface area (Å²) in [7, 11) is 1.84. The maximum atomic E-state index is 12.3. The van der Waals surface area contributed by atoms with Crippen molar-refractivity contribution < 1.29 is 9.53 Å². The Morgan fingerprint density at radius 1 is 1.13 bits per heavy atom. The number of likely N-dealkylation sites (tertiary alicyclic amines) is 2. The number of hydrogen-bond acceptors (Lipinski definition) is 4. The molecule has 8 nitrogen and oxygen atoms in total. The van der Waals surface area contributed by atoms with Crippen molar-refractivity contribution in [2.75, 3.05) is 64.8 Å². The molecule has 8 heteroatoms. The third kappa shape index (κ3) is 5.23. The Labute approximate surface area is 179 Å². The molecule has 3 fully saturated rings. The van der Waals surface area contributed by atoms with E-state index in [0.29, 0.717) is 12.6 Å². The number of aliphatic imine (C=N–C) groups is 1. The summed E-state index contributed by atoms with van der Waals surface area (Å²) in [5, 5.41) is 6.52. The molecule has 3 saturated heterocycles. The third-order valence-corrected chi connectivity index (χ3v) is 6.26. The van der Waals surface area contributed by atoms with E-state index in [1.165, 1.54) is 6.42 Å². The standard InChI is InChI=1S/C22H34N6O2/c1-23-21(28-10-7-20(17-28)26-11-13-30-14-12-26)24-16-18-5-4-6-19(15-18)25-22(29)27-8-2-3-9-27/h4-6,15,20H,2-3,7-14,16-17H2,1H3,(H,23,24)(H,25,29). The predicted octanol–water partition coefficient (Wildman–Crippen LogP) is 1.80. The predicted molar refractivity (Wildman–Crippen MR) is 119 cm³/mol. The number of nitrogens with one attached hydrogen (secondary N) is 2. The number of nitrogens with zero attached hydrogens (tertiary/aromatic N) is 4. The van der Waals surface area contributed by atoms with Crippen LogP contribution in [0.4, 0.5) is 10.5 Å². The molecule has 1 unspecified atom stereocenters. The van der Waals surface area contributed by atoms with Crippen LogP contribution in [0.5, 0.6) is 0 Å². The molecule has 2 N–H and O–H groups in total. The first-order valence-electron chi connectivity index (χ1n) is 11.2. The first-order valence-corrected chi connectivity index (χ1v) is 11.2. The van der Waals surface area contributed by atoms with Gasteiger partial charge in [0.25, 0.3) is 0 Å². The van der Waals surface area contributed by atoms with Gasteiger partial charge in [-0.3, -0.25) is 9.89 Å². The molecule has 0 bridgehead atoms. The Hall–Kier alpha value is -2.32. The van der Waals surface area contributed by atoms with E-state index in [1.807, 2.05) is 30.1 Å². The van der Waals surface area contributed by atoms with Crippen molar-refractivity contribution in [2.24, 2.45) is 4.99 Å². The van der Waals surface area contributed by atoms with Crippen molar-refractivity contribution in [3.63, 3.8) is 0 Å². The molecule has 0 spiro atoms. The van der Waals surface area contributed by atoms with Crippen LogP contribution in [-0.2, 0) is 11.3 Å². The molecule has 30 heavy (non-hydrogen) atoms. The van der Waals surface area contributed by atoms with Crippen LogP contribution in [-0.4, -0.2) is 92.3 Å². The number of anilines is 1. The minimum Gasteiger partial charge on any atom is -0.379 e. The Bertz CT molecular complexity index is 743. The second kappa shape index (κ2) is 10.1. The molecular weight excluding hydrogens is 380 g/mol. The van der Waals surface area contributed by atoms with Crippen LogP contribution in [0.3, 0.4) is 0 Å². The lowest BCUT2D eigenvalue weighted by Crippen LogP contribution is -2.46. The Morgan fingerprint density at radius 2 is 1.93 bits per heavy atom. The fourth-order valence-electron chi connectivity index (χ4n) is 4.57. The number of guanidine groups is 1. The first kappa shape index (κ1) is 20.9. The van der Waals surface area contributed by atoms with Gasteiger partial charge >= 0.3 is 6.03 Å². The van der Waals surface area contributed by atoms with Gasteiger partial charge in [0.2, 0.25) is 0 Å². The van der Waals surface area contributed by atoms with Gasteiger partial charge in [-0.05, 0) is 37.0 Å². The van der Waals surface area contributed by atoms with Crippen LogP contribution in [0.25, 0.3) is 0 Å². The fourth-order valence-corrected chi connectivity index (χ4v) is 4.57. The zero-order valence-corrected chi connectivity index (χ0v) is 18.0. The SMILES string of the molecule is CN=C(NCc1cccc(NC(=O)N2CCCC2)c1)N1CCC(N2CCOCC2)C1. The van der Waals surface area contributed by atoms with Crippen molar-refractivity contribution in [3.05, 3.63) is 29.8 Å². The van der Waals surface area contributed by atoms with Crippen LogP contribution in [0.15, 0.2) is 29.3 Å². The van der Waals surface area contributed by atoms with Gasteiger partial charge in [0.1, 0.15) is 0 Å². The normalized spacial score (nSPS) is 23.1. The minimum absolute atomic E-state index is 0.000333. The van der Waals surface area contributed by atoms with E-state index in [1.54, 1.807) is 0 Å². The zero-order chi connectivity index (χ0) is 20.8. The number of morpholine rings is 1. The van der Waals surface area contributed by atoms with E-state index in [0.717, 1.165) is 82.5 Å². The molecular formula is C22H34N6O2. The Kier molecular flexibility index (Phi) is 7.07. The average molecular weight is 415 g/mol. The van der Waals surface area contributed by atoms with Gasteiger partial charge in [-0.1, -0.05) is 12.1 Å². The highest BCUT2D eigenvalue weighted by Gasteiger charge is 2.30. The second-order valence-corrected chi connectivity index (χ2v) is 8.26. The summed E-state index contributed by atoms with van der Waals surface area (Å²) in [5.41, 5.74) is 1.97. The van der Waals surface area contributed by atoms with Gasteiger partial charge in [-0.25, -0.2) is 4.79 Å². The number of amides is 2. The number of ether oxygens (including phenoxy) is 1. The largest absolute Gasteiger partial charge is 0.379 e. The van der Waals surface area contributed by atoms with Crippen molar-refractivity contribution in [1.29, 1.82) is 0 Å². The molecule has 2 amide bonds. The van der Waals surface area contributed by atoms with Crippen LogP contribution in [0.2, 0.25) is 0 Å². The molecule has 1 aromatic rings. The maximum absolute atomic E-state index is 12.3. The number of benzene rings is 1. The molecule has 0 aromatic heterocycles. The van der Waals surface area contributed by atoms with E-state index in [-0.39, 0.29) is 6.03 Å². The van der Waals surface area contributed by atoms with Crippen LogP contribution >= 0.6 is 0 Å². The highest BCUT2D eigenvalue weighted by Crippen LogP contribution is 2.18. The van der Waals surface area contributed by atoms with Gasteiger partial charge < -0.3 is 25.2 Å². The molecule has 164 valence electrons. The second-order valence-electron chi connectivity index (χ2n) is 8.26. The highest BCUT2D eigenvalue weighted by atomic mass is 16.5. The topological polar surface area (TPSA) is 72.4 Å². The number of carbonyl (C=O) groups is 1. The maximum Gasteiger partial charge on any atom is 0.321 e. The summed E-state index contributed by atoms with van der Waals surface area (Å²) in [5.74, 6) is 0.942. The van der Waals surface area contributed by atoms with Crippen molar-refractivity contribution in [3.8, 4) is 0 Å². The van der Waals surface area contributed by atoms with Gasteiger partial charge in [0, 0.05) is 64.6 Å². The highest BCUT2D eigenvalue weighted by molar-refractivity contribution is 5.89. The molecule has 0 aliphatic carbocycles. The minimum atomic E-state index is -0.000333. The van der Waals surface area contributed by atoms with Gasteiger partial charge in [-0.2, -0.15) is 0 Å². The third-order valence-electron chi connectivity index (χ3n) is 6.26. The van der Waals surface area contributed by atoms with E-state index in [9.17, 15) is 4.79 Å². The summed E-state index contributed by atoms with van der Waals surface area (Å²) < 4.78 is 5.48. The summed E-state index contributed by atoms with van der Waals surface area (Å²) in [6.07, 6.45) is 3.36. The van der Waals surface area contributed by atoms with E-state index in [4.69, 9.17) is 4.74 Å². The smallest absolute Gasteiger partial charge is 0.321 e. The quantitative estimate of drug-likeness (QED) is 0.581. The monoisotopic (exact) mass is 414 g/mol. The summed E-state index contributed by atoms with van der Waals surface area (Å²) in [6.45, 7) is 8.15. The van der Waals surface area contributed by atoms with E-state index in [2.05, 4.69) is 31.5 Å². The number of carbonyl (C=O) groups excluding carboxylic acids is 1. The molecule has 1 atom stereocenters. The summed E-state index contributed by atoms with van der Waals surface area (Å²) in [6, 6.07) is 8.63. The van der Waals surface area contributed by atoms with Gasteiger partial charge in [0.15, 0.2) is 5.96 Å². The molecule has 0 saturated carbocycles. The number of urea groups is 1. The van der Waals surface area contributed by atoms with Gasteiger partial charge in [-0.15, -0.1) is 0 Å². The van der Waals surface area contributed by atoms with Crippen molar-refractivity contribution in [2.45, 2.75) is 31.8 Å². The average Bonchev–Trinajstić information content (AvgIpc) is 3.48. The van der Waals surface area contributed by atoms with Crippen molar-refractivity contribution in [1.82, 2.24) is 20.0 Å².